The molecule has 138 valence electrons. The van der Waals surface area contributed by atoms with Crippen molar-refractivity contribution in [2.45, 2.75) is 38.3 Å². The Labute approximate surface area is 155 Å². The topological polar surface area (TPSA) is 41.4 Å². The molecule has 0 radical (unpaired) electrons. The number of piperidine rings is 1. The average molecular weight is 352 g/mol. The summed E-state index contributed by atoms with van der Waals surface area (Å²) < 4.78 is 1.80. The van der Waals surface area contributed by atoms with Crippen LogP contribution in [-0.2, 0) is 24.8 Å². The van der Waals surface area contributed by atoms with E-state index in [-0.39, 0.29) is 0 Å². The van der Waals surface area contributed by atoms with E-state index in [1.54, 1.807) is 4.68 Å². The van der Waals surface area contributed by atoms with Crippen LogP contribution in [-0.4, -0.2) is 51.2 Å². The maximum Gasteiger partial charge on any atom is 0.223 e. The summed E-state index contributed by atoms with van der Waals surface area (Å²) in [6.07, 6.45) is 7.64. The maximum atomic E-state index is 12.9. The molecule has 5 heteroatoms. The van der Waals surface area contributed by atoms with Crippen LogP contribution in [0.1, 0.15) is 30.4 Å². The number of fused-ring (bicyclic) bond motifs is 4. The van der Waals surface area contributed by atoms with Gasteiger partial charge in [0.05, 0.1) is 6.20 Å². The zero-order valence-corrected chi connectivity index (χ0v) is 15.6. The molecule has 0 aliphatic carbocycles. The number of nitrogens with zero attached hydrogens (tertiary/aromatic N) is 4. The lowest BCUT2D eigenvalue weighted by atomic mass is 9.94. The lowest BCUT2D eigenvalue weighted by Crippen LogP contribution is -2.47. The fourth-order valence-electron chi connectivity index (χ4n) is 4.45. The first-order valence-corrected chi connectivity index (χ1v) is 9.70. The summed E-state index contributed by atoms with van der Waals surface area (Å²) in [7, 11) is 1.92. The Morgan fingerprint density at radius 1 is 1.12 bits per heavy atom. The van der Waals surface area contributed by atoms with Gasteiger partial charge in [-0.15, -0.1) is 0 Å². The molecular formula is C21H28N4O. The highest BCUT2D eigenvalue weighted by molar-refractivity contribution is 5.77. The molecule has 3 aliphatic rings. The van der Waals surface area contributed by atoms with Gasteiger partial charge in [-0.05, 0) is 36.3 Å². The van der Waals surface area contributed by atoms with Gasteiger partial charge in [0.2, 0.25) is 5.91 Å². The van der Waals surface area contributed by atoms with Crippen molar-refractivity contribution >= 4 is 5.91 Å². The van der Waals surface area contributed by atoms with Crippen LogP contribution in [0.5, 0.6) is 0 Å². The molecule has 0 N–H and O–H groups in total. The normalized spacial score (nSPS) is 23.2. The number of amides is 1. The van der Waals surface area contributed by atoms with Crippen LogP contribution < -0.4 is 0 Å². The summed E-state index contributed by atoms with van der Waals surface area (Å²) in [6.45, 7) is 4.04. The Morgan fingerprint density at radius 2 is 1.96 bits per heavy atom. The van der Waals surface area contributed by atoms with E-state index >= 15 is 0 Å². The van der Waals surface area contributed by atoms with E-state index in [2.05, 4.69) is 45.2 Å². The Hall–Kier alpha value is -2.14. The fourth-order valence-corrected chi connectivity index (χ4v) is 4.45. The first-order valence-electron chi connectivity index (χ1n) is 9.70. The minimum absolute atomic E-state index is 0.310. The van der Waals surface area contributed by atoms with Crippen molar-refractivity contribution in [3.05, 3.63) is 53.9 Å². The molecule has 0 unspecified atom stereocenters. The van der Waals surface area contributed by atoms with Crippen LogP contribution in [0.3, 0.4) is 0 Å². The monoisotopic (exact) mass is 352 g/mol. The van der Waals surface area contributed by atoms with E-state index in [1.807, 2.05) is 19.4 Å². The van der Waals surface area contributed by atoms with Crippen LogP contribution in [0.2, 0.25) is 0 Å². The van der Waals surface area contributed by atoms with Crippen molar-refractivity contribution in [2.75, 3.05) is 19.6 Å². The van der Waals surface area contributed by atoms with Crippen LogP contribution in [0.25, 0.3) is 0 Å². The van der Waals surface area contributed by atoms with Crippen LogP contribution in [0, 0.1) is 5.92 Å². The van der Waals surface area contributed by atoms with Crippen molar-refractivity contribution in [1.82, 2.24) is 19.6 Å². The standard InChI is InChI=1S/C21H28N4O/c1-23-12-18(11-22-23)8-10-21(26)25-15-19-7-9-20(25)16-24(14-19)13-17-5-3-2-4-6-17/h2-6,11-12,19-20H,7-10,13-16H2,1H3/t19-,20+/m1/s1. The molecule has 2 atom stereocenters. The van der Waals surface area contributed by atoms with Crippen LogP contribution in [0.15, 0.2) is 42.7 Å². The molecule has 5 nitrogen and oxygen atoms in total. The van der Waals surface area contributed by atoms with Gasteiger partial charge in [0, 0.05) is 51.9 Å². The molecule has 3 aliphatic heterocycles. The van der Waals surface area contributed by atoms with Crippen LogP contribution >= 0.6 is 0 Å². The van der Waals surface area contributed by atoms with Gasteiger partial charge in [-0.25, -0.2) is 0 Å². The van der Waals surface area contributed by atoms with Gasteiger partial charge in [-0.1, -0.05) is 30.3 Å². The van der Waals surface area contributed by atoms with Crippen molar-refractivity contribution in [3.8, 4) is 0 Å². The largest absolute Gasteiger partial charge is 0.338 e. The van der Waals surface area contributed by atoms with Crippen molar-refractivity contribution in [3.63, 3.8) is 0 Å². The number of hydrogen-bond acceptors (Lipinski definition) is 3. The summed E-state index contributed by atoms with van der Waals surface area (Å²) in [6, 6.07) is 11.1. The smallest absolute Gasteiger partial charge is 0.223 e. The number of aromatic nitrogens is 2. The van der Waals surface area contributed by atoms with Gasteiger partial charge < -0.3 is 4.90 Å². The third-order valence-corrected chi connectivity index (χ3v) is 5.74. The van der Waals surface area contributed by atoms with Gasteiger partial charge in [0.1, 0.15) is 0 Å². The molecule has 5 rings (SSSR count). The van der Waals surface area contributed by atoms with Gasteiger partial charge in [0.15, 0.2) is 0 Å². The number of benzene rings is 1. The highest BCUT2D eigenvalue weighted by atomic mass is 16.2. The van der Waals surface area contributed by atoms with E-state index in [1.165, 1.54) is 12.0 Å². The van der Waals surface area contributed by atoms with E-state index in [4.69, 9.17) is 0 Å². The summed E-state index contributed by atoms with van der Waals surface area (Å²) >= 11 is 0. The highest BCUT2D eigenvalue weighted by Crippen LogP contribution is 2.29. The molecule has 2 bridgehead atoms. The zero-order chi connectivity index (χ0) is 17.9. The second kappa shape index (κ2) is 7.62. The molecule has 4 heterocycles. The fraction of sp³-hybridized carbons (Fsp3) is 0.524. The first-order chi connectivity index (χ1) is 12.7. The first kappa shape index (κ1) is 17.3. The Balaban J connectivity index is 1.37. The van der Waals surface area contributed by atoms with Crippen molar-refractivity contribution in [2.24, 2.45) is 13.0 Å². The number of hydrogen-bond donors (Lipinski definition) is 0. The number of rotatable bonds is 5. The SMILES string of the molecule is Cn1cc(CCC(=O)N2C[C@@H]3CC[C@H]2CN(Cc2ccccc2)C3)cn1. The average Bonchev–Trinajstić information content (AvgIpc) is 2.87. The second-order valence-electron chi connectivity index (χ2n) is 7.85. The van der Waals surface area contributed by atoms with Crippen LogP contribution in [0.4, 0.5) is 0 Å². The van der Waals surface area contributed by atoms with E-state index in [9.17, 15) is 4.79 Å². The molecule has 26 heavy (non-hydrogen) atoms. The summed E-state index contributed by atoms with van der Waals surface area (Å²) in [5.74, 6) is 0.921. The van der Waals surface area contributed by atoms with Crippen molar-refractivity contribution < 1.29 is 4.79 Å². The second-order valence-corrected chi connectivity index (χ2v) is 7.85. The molecular weight excluding hydrogens is 324 g/mol. The maximum absolute atomic E-state index is 12.9. The zero-order valence-electron chi connectivity index (χ0n) is 15.6. The van der Waals surface area contributed by atoms with Gasteiger partial charge in [0.25, 0.3) is 0 Å². The quantitative estimate of drug-likeness (QED) is 0.830. The van der Waals surface area contributed by atoms with E-state index < -0.39 is 0 Å². The van der Waals surface area contributed by atoms with E-state index in [0.29, 0.717) is 24.3 Å². The molecule has 1 amide bonds. The molecule has 1 aromatic heterocycles. The van der Waals surface area contributed by atoms with E-state index in [0.717, 1.165) is 44.6 Å². The van der Waals surface area contributed by atoms with Gasteiger partial charge in [-0.2, -0.15) is 5.10 Å². The van der Waals surface area contributed by atoms with Crippen molar-refractivity contribution in [1.29, 1.82) is 0 Å². The lowest BCUT2D eigenvalue weighted by molar-refractivity contribution is -0.135. The predicted octanol–water partition coefficient (Wildman–Crippen LogP) is 2.48. The molecule has 2 aromatic rings. The minimum Gasteiger partial charge on any atom is -0.338 e. The predicted molar refractivity (Wildman–Crippen MR) is 101 cm³/mol. The summed E-state index contributed by atoms with van der Waals surface area (Å²) in [5, 5.41) is 4.20. The van der Waals surface area contributed by atoms with Gasteiger partial charge >= 0.3 is 0 Å². The Kier molecular flexibility index (Phi) is 5.07. The third-order valence-electron chi connectivity index (χ3n) is 5.74. The summed E-state index contributed by atoms with van der Waals surface area (Å²) in [5.41, 5.74) is 2.51. The van der Waals surface area contributed by atoms with Gasteiger partial charge in [-0.3, -0.25) is 14.4 Å². The highest BCUT2D eigenvalue weighted by Gasteiger charge is 2.36. The number of carbonyl (C=O) groups is 1. The Morgan fingerprint density at radius 3 is 2.73 bits per heavy atom. The Bertz CT molecular complexity index is 741. The molecule has 3 fully saturated rings. The molecule has 1 aromatic carbocycles. The molecule has 3 saturated heterocycles. The molecule has 0 saturated carbocycles. The minimum atomic E-state index is 0.310. The number of aryl methyl sites for hydroxylation is 2. The summed E-state index contributed by atoms with van der Waals surface area (Å²) in [4.78, 5) is 17.6. The third kappa shape index (κ3) is 3.98. The molecule has 0 spiro atoms. The number of carbonyl (C=O) groups excluding carboxylic acids is 1. The lowest BCUT2D eigenvalue weighted by Gasteiger charge is -2.36.